The Bertz CT molecular complexity index is 511. The highest BCUT2D eigenvalue weighted by Crippen LogP contribution is 2.62. The van der Waals surface area contributed by atoms with E-state index < -0.39 is 0 Å². The normalized spacial score (nSPS) is 50.5. The van der Waals surface area contributed by atoms with Crippen molar-refractivity contribution in [3.63, 3.8) is 0 Å². The molecule has 0 N–H and O–H groups in total. The van der Waals surface area contributed by atoms with E-state index in [0.717, 1.165) is 25.7 Å². The lowest BCUT2D eigenvalue weighted by atomic mass is 9.48. The van der Waals surface area contributed by atoms with Gasteiger partial charge in [-0.25, -0.2) is 0 Å². The predicted octanol–water partition coefficient (Wildman–Crippen LogP) is 4.26. The highest BCUT2D eigenvalue weighted by atomic mass is 16.6. The van der Waals surface area contributed by atoms with Gasteiger partial charge >= 0.3 is 5.97 Å². The van der Waals surface area contributed by atoms with E-state index in [9.17, 15) is 4.79 Å². The number of esters is 1. The first-order chi connectivity index (χ1) is 10.0. The van der Waals surface area contributed by atoms with Gasteiger partial charge in [0.05, 0.1) is 17.6 Å². The van der Waals surface area contributed by atoms with E-state index in [-0.39, 0.29) is 28.2 Å². The van der Waals surface area contributed by atoms with Crippen LogP contribution in [0.1, 0.15) is 66.7 Å². The number of ether oxygens (including phenoxy) is 2. The van der Waals surface area contributed by atoms with Crippen molar-refractivity contribution >= 4 is 5.97 Å². The van der Waals surface area contributed by atoms with Gasteiger partial charge in [-0.2, -0.15) is 0 Å². The topological polar surface area (TPSA) is 35.5 Å². The van der Waals surface area contributed by atoms with Crippen LogP contribution in [0, 0.1) is 17.3 Å². The minimum absolute atomic E-state index is 0.0334. The van der Waals surface area contributed by atoms with Crippen molar-refractivity contribution < 1.29 is 14.3 Å². The van der Waals surface area contributed by atoms with Crippen molar-refractivity contribution in [3.05, 3.63) is 12.7 Å². The van der Waals surface area contributed by atoms with E-state index in [1.807, 2.05) is 6.08 Å². The molecule has 0 aromatic heterocycles. The Morgan fingerprint density at radius 2 is 1.73 bits per heavy atom. The molecule has 0 aromatic rings. The molecule has 2 heterocycles. The maximum Gasteiger partial charge on any atom is 0.306 e. The second kappa shape index (κ2) is 4.59. The summed E-state index contributed by atoms with van der Waals surface area (Å²) in [5.41, 5.74) is -0.807. The Balaban J connectivity index is 1.98. The highest BCUT2D eigenvalue weighted by Gasteiger charge is 2.63. The van der Waals surface area contributed by atoms with Gasteiger partial charge in [0, 0.05) is 5.92 Å². The van der Waals surface area contributed by atoms with Crippen LogP contribution in [-0.2, 0) is 14.3 Å². The van der Waals surface area contributed by atoms with E-state index in [2.05, 4.69) is 41.2 Å². The van der Waals surface area contributed by atoms with Gasteiger partial charge in [0.25, 0.3) is 0 Å². The minimum Gasteiger partial charge on any atom is -0.459 e. The third kappa shape index (κ3) is 2.16. The lowest BCUT2D eigenvalue weighted by Crippen LogP contribution is -2.65. The summed E-state index contributed by atoms with van der Waals surface area (Å²) >= 11 is 0. The quantitative estimate of drug-likeness (QED) is 0.536. The third-order valence-electron chi connectivity index (χ3n) is 6.83. The van der Waals surface area contributed by atoms with Crippen LogP contribution < -0.4 is 0 Å². The van der Waals surface area contributed by atoms with E-state index in [1.165, 1.54) is 0 Å². The van der Waals surface area contributed by atoms with E-state index in [1.54, 1.807) is 0 Å². The Morgan fingerprint density at radius 3 is 2.36 bits per heavy atom. The van der Waals surface area contributed by atoms with Crippen LogP contribution in [0.2, 0.25) is 0 Å². The molecule has 124 valence electrons. The monoisotopic (exact) mass is 306 g/mol. The number of carbonyl (C=O) groups is 1. The average Bonchev–Trinajstić information content (AvgIpc) is 2.35. The van der Waals surface area contributed by atoms with Crippen LogP contribution in [0.15, 0.2) is 12.7 Å². The molecule has 1 saturated carbocycles. The Hall–Kier alpha value is -0.830. The standard InChI is InChI=1S/C19H30O3/c1-7-17(4)10-8-14-18(5)12-15(20)21-16(2,3)13(18)9-11-19(14,6)22-17/h7,13-14H,1,8-12H2,2-6H3/t13-,14-,17+,18+,19-/m1/s1. The minimum atomic E-state index is -0.370. The Labute approximate surface area is 134 Å². The molecule has 3 heteroatoms. The molecule has 2 saturated heterocycles. The molecule has 0 radical (unpaired) electrons. The van der Waals surface area contributed by atoms with Crippen LogP contribution in [0.4, 0.5) is 0 Å². The SMILES string of the molecule is C=C[C@@]1(C)CC[C@@H]2[C@@]3(C)CC(=O)OC(C)(C)[C@H]3CC[C@@]2(C)O1. The largest absolute Gasteiger partial charge is 0.459 e. The lowest BCUT2D eigenvalue weighted by Gasteiger charge is -2.64. The number of carbonyl (C=O) groups excluding carboxylic acids is 1. The van der Waals surface area contributed by atoms with Gasteiger partial charge in [-0.1, -0.05) is 13.0 Å². The molecule has 2 aliphatic heterocycles. The zero-order valence-corrected chi connectivity index (χ0v) is 14.7. The fraction of sp³-hybridized carbons (Fsp3) is 0.842. The van der Waals surface area contributed by atoms with Gasteiger partial charge in [-0.3, -0.25) is 4.79 Å². The zero-order valence-electron chi connectivity index (χ0n) is 14.7. The second-order valence-electron chi connectivity index (χ2n) is 8.87. The summed E-state index contributed by atoms with van der Waals surface area (Å²) in [6.45, 7) is 14.8. The molecule has 1 aliphatic carbocycles. The van der Waals surface area contributed by atoms with Crippen molar-refractivity contribution in [1.29, 1.82) is 0 Å². The van der Waals surface area contributed by atoms with E-state index >= 15 is 0 Å². The molecule has 22 heavy (non-hydrogen) atoms. The first kappa shape index (κ1) is 16.0. The molecule has 0 bridgehead atoms. The lowest BCUT2D eigenvalue weighted by molar-refractivity contribution is -0.267. The van der Waals surface area contributed by atoms with Crippen LogP contribution in [0.3, 0.4) is 0 Å². The molecule has 3 fully saturated rings. The van der Waals surface area contributed by atoms with Gasteiger partial charge in [-0.15, -0.1) is 6.58 Å². The average molecular weight is 306 g/mol. The van der Waals surface area contributed by atoms with Crippen LogP contribution >= 0.6 is 0 Å². The van der Waals surface area contributed by atoms with Crippen molar-refractivity contribution in [2.45, 2.75) is 83.5 Å². The molecule has 3 aliphatic rings. The van der Waals surface area contributed by atoms with Crippen molar-refractivity contribution in [3.8, 4) is 0 Å². The van der Waals surface area contributed by atoms with E-state index in [0.29, 0.717) is 18.3 Å². The summed E-state index contributed by atoms with van der Waals surface area (Å²) in [5, 5.41) is 0. The summed E-state index contributed by atoms with van der Waals surface area (Å²) in [6.07, 6.45) is 6.63. The predicted molar refractivity (Wildman–Crippen MR) is 86.4 cm³/mol. The second-order valence-corrected chi connectivity index (χ2v) is 8.87. The van der Waals surface area contributed by atoms with E-state index in [4.69, 9.17) is 9.47 Å². The summed E-state index contributed by atoms with van der Waals surface area (Å²) in [5.74, 6) is 0.761. The molecule has 5 atom stereocenters. The molecule has 0 spiro atoms. The van der Waals surface area contributed by atoms with Crippen LogP contribution in [0.25, 0.3) is 0 Å². The molecule has 0 amide bonds. The number of hydrogen-bond donors (Lipinski definition) is 0. The van der Waals surface area contributed by atoms with Crippen LogP contribution in [-0.4, -0.2) is 22.8 Å². The van der Waals surface area contributed by atoms with Crippen molar-refractivity contribution in [2.75, 3.05) is 0 Å². The number of rotatable bonds is 1. The Morgan fingerprint density at radius 1 is 1.09 bits per heavy atom. The number of cyclic esters (lactones) is 1. The zero-order chi connectivity index (χ0) is 16.4. The van der Waals surface area contributed by atoms with Crippen LogP contribution in [0.5, 0.6) is 0 Å². The molecule has 3 rings (SSSR count). The smallest absolute Gasteiger partial charge is 0.306 e. The van der Waals surface area contributed by atoms with Crippen molar-refractivity contribution in [2.24, 2.45) is 17.3 Å². The van der Waals surface area contributed by atoms with Gasteiger partial charge in [0.15, 0.2) is 0 Å². The molecular weight excluding hydrogens is 276 g/mol. The molecule has 0 aromatic carbocycles. The summed E-state index contributed by atoms with van der Waals surface area (Å²) in [6, 6.07) is 0. The Kier molecular flexibility index (Phi) is 3.35. The highest BCUT2D eigenvalue weighted by molar-refractivity contribution is 5.72. The summed E-state index contributed by atoms with van der Waals surface area (Å²) in [7, 11) is 0. The summed E-state index contributed by atoms with van der Waals surface area (Å²) in [4.78, 5) is 12.2. The maximum absolute atomic E-state index is 12.2. The number of fused-ring (bicyclic) bond motifs is 3. The van der Waals surface area contributed by atoms with Gasteiger partial charge < -0.3 is 9.47 Å². The first-order valence-electron chi connectivity index (χ1n) is 8.60. The maximum atomic E-state index is 12.2. The molecular formula is C19H30O3. The van der Waals surface area contributed by atoms with Gasteiger partial charge in [0.2, 0.25) is 0 Å². The molecule has 0 unspecified atom stereocenters. The number of hydrogen-bond acceptors (Lipinski definition) is 3. The van der Waals surface area contributed by atoms with Gasteiger partial charge in [-0.05, 0) is 64.7 Å². The van der Waals surface area contributed by atoms with Crippen molar-refractivity contribution in [1.82, 2.24) is 0 Å². The van der Waals surface area contributed by atoms with Gasteiger partial charge in [0.1, 0.15) is 5.60 Å². The first-order valence-corrected chi connectivity index (χ1v) is 8.60. The summed E-state index contributed by atoms with van der Waals surface area (Å²) < 4.78 is 12.2. The fourth-order valence-electron chi connectivity index (χ4n) is 5.89. The third-order valence-corrected chi connectivity index (χ3v) is 6.83. The fourth-order valence-corrected chi connectivity index (χ4v) is 5.89. The molecule has 3 nitrogen and oxygen atoms in total.